The van der Waals surface area contributed by atoms with Crippen LogP contribution in [0.2, 0.25) is 0 Å². The number of para-hydroxylation sites is 2. The molecule has 7 aromatic rings. The van der Waals surface area contributed by atoms with Crippen molar-refractivity contribution in [1.82, 2.24) is 14.1 Å². The van der Waals surface area contributed by atoms with Crippen molar-refractivity contribution in [2.75, 3.05) is 7.11 Å². The van der Waals surface area contributed by atoms with E-state index in [1.165, 1.54) is 18.2 Å². The zero-order valence-corrected chi connectivity index (χ0v) is 22.1. The van der Waals surface area contributed by atoms with Crippen LogP contribution in [0, 0.1) is 0 Å². The fourth-order valence-corrected chi connectivity index (χ4v) is 5.73. The maximum atomic E-state index is 13.0. The number of methoxy groups -OCH3 is 1. The highest BCUT2D eigenvalue weighted by molar-refractivity contribution is 6.15. The Bertz CT molecular complexity index is 2000. The van der Waals surface area contributed by atoms with Gasteiger partial charge in [-0.3, -0.25) is 0 Å². The van der Waals surface area contributed by atoms with E-state index in [2.05, 4.69) is 112 Å². The lowest BCUT2D eigenvalue weighted by molar-refractivity contribution is 0.0594. The zero-order valence-electron chi connectivity index (χ0n) is 22.1. The number of benzene rings is 4. The summed E-state index contributed by atoms with van der Waals surface area (Å²) in [6, 6.07) is 41.7. The number of hydrogen-bond acceptors (Lipinski definition) is 3. The van der Waals surface area contributed by atoms with Crippen LogP contribution in [0.1, 0.15) is 21.6 Å². The van der Waals surface area contributed by atoms with E-state index >= 15 is 0 Å². The first kappa shape index (κ1) is 23.9. The predicted molar refractivity (Wildman–Crippen MR) is 161 cm³/mol. The van der Waals surface area contributed by atoms with Crippen molar-refractivity contribution in [3.05, 3.63) is 138 Å². The summed E-state index contributed by atoms with van der Waals surface area (Å²) in [4.78, 5) is 18.0. The lowest BCUT2D eigenvalue weighted by Crippen LogP contribution is -2.08. The SMILES string of the molecule is COC(=O)c1cc2c(c(-c3cc4ccccc4n3Cc3ccccc3)n1)c1ccccc1n2Cc1ccccc1. The summed E-state index contributed by atoms with van der Waals surface area (Å²) in [6.45, 7) is 1.35. The molecule has 0 spiro atoms. The van der Waals surface area contributed by atoms with Gasteiger partial charge in [0.15, 0.2) is 5.69 Å². The van der Waals surface area contributed by atoms with Crippen LogP contribution in [0.15, 0.2) is 121 Å². The molecule has 5 nitrogen and oxygen atoms in total. The molecule has 0 aliphatic carbocycles. The van der Waals surface area contributed by atoms with Crippen LogP contribution in [-0.4, -0.2) is 27.2 Å². The topological polar surface area (TPSA) is 49.1 Å². The van der Waals surface area contributed by atoms with E-state index in [1.807, 2.05) is 18.2 Å². The van der Waals surface area contributed by atoms with Crippen molar-refractivity contribution in [3.8, 4) is 11.4 Å². The van der Waals surface area contributed by atoms with E-state index in [-0.39, 0.29) is 0 Å². The number of ether oxygens (including phenoxy) is 1. The fraction of sp³-hybridized carbons (Fsp3) is 0.0857. The molecule has 0 bridgehead atoms. The minimum Gasteiger partial charge on any atom is -0.464 e. The van der Waals surface area contributed by atoms with Gasteiger partial charge in [-0.15, -0.1) is 0 Å². The molecular formula is C35H27N3O2. The van der Waals surface area contributed by atoms with Crippen LogP contribution in [0.3, 0.4) is 0 Å². The first-order chi connectivity index (χ1) is 19.7. The van der Waals surface area contributed by atoms with Gasteiger partial charge >= 0.3 is 5.97 Å². The molecule has 7 rings (SSSR count). The van der Waals surface area contributed by atoms with Crippen molar-refractivity contribution in [1.29, 1.82) is 0 Å². The summed E-state index contributed by atoms with van der Waals surface area (Å²) < 4.78 is 9.76. The third kappa shape index (κ3) is 4.03. The zero-order chi connectivity index (χ0) is 27.1. The quantitative estimate of drug-likeness (QED) is 0.211. The molecule has 0 saturated heterocycles. The van der Waals surface area contributed by atoms with Gasteiger partial charge in [0.2, 0.25) is 0 Å². The molecule has 40 heavy (non-hydrogen) atoms. The van der Waals surface area contributed by atoms with Crippen LogP contribution in [0.4, 0.5) is 0 Å². The van der Waals surface area contributed by atoms with Gasteiger partial charge < -0.3 is 13.9 Å². The molecule has 0 saturated carbocycles. The van der Waals surface area contributed by atoms with Crippen molar-refractivity contribution in [3.63, 3.8) is 0 Å². The van der Waals surface area contributed by atoms with E-state index < -0.39 is 5.97 Å². The van der Waals surface area contributed by atoms with Crippen molar-refractivity contribution in [2.24, 2.45) is 0 Å². The Morgan fingerprint density at radius 2 is 1.27 bits per heavy atom. The molecule has 0 radical (unpaired) electrons. The van der Waals surface area contributed by atoms with Crippen LogP contribution < -0.4 is 0 Å². The number of hydrogen-bond donors (Lipinski definition) is 0. The van der Waals surface area contributed by atoms with Crippen molar-refractivity contribution in [2.45, 2.75) is 13.1 Å². The molecule has 4 aromatic carbocycles. The maximum absolute atomic E-state index is 13.0. The van der Waals surface area contributed by atoms with Gasteiger partial charge in [0.05, 0.1) is 24.0 Å². The van der Waals surface area contributed by atoms with E-state index in [0.29, 0.717) is 18.8 Å². The number of nitrogens with zero attached hydrogens (tertiary/aromatic N) is 3. The van der Waals surface area contributed by atoms with Gasteiger partial charge in [-0.1, -0.05) is 97.1 Å². The summed E-state index contributed by atoms with van der Waals surface area (Å²) in [6.07, 6.45) is 0. The minimum atomic E-state index is -0.453. The molecule has 0 amide bonds. The number of carbonyl (C=O) groups is 1. The Labute approximate surface area is 231 Å². The largest absolute Gasteiger partial charge is 0.464 e. The summed E-state index contributed by atoms with van der Waals surface area (Å²) in [5, 5.41) is 3.25. The Hall–Kier alpha value is -5.16. The van der Waals surface area contributed by atoms with Gasteiger partial charge in [-0.05, 0) is 35.4 Å². The van der Waals surface area contributed by atoms with Crippen LogP contribution >= 0.6 is 0 Å². The summed E-state index contributed by atoms with van der Waals surface area (Å²) in [5.74, 6) is -0.453. The average Bonchev–Trinajstić information content (AvgIpc) is 3.53. The second-order valence-electron chi connectivity index (χ2n) is 9.99. The summed E-state index contributed by atoms with van der Waals surface area (Å²) in [5.41, 5.74) is 7.56. The third-order valence-electron chi connectivity index (χ3n) is 7.57. The number of esters is 1. The standard InChI is InChI=1S/C35H27N3O2/c1-40-35(39)28-21-31-33(27-17-9-11-19-30(27)38(31)23-25-14-6-3-7-15-25)34(36-28)32-20-26-16-8-10-18-29(26)37(32)22-24-12-4-2-5-13-24/h2-21H,22-23H2,1H3. The maximum Gasteiger partial charge on any atom is 0.356 e. The van der Waals surface area contributed by atoms with E-state index in [9.17, 15) is 4.79 Å². The Morgan fingerprint density at radius 1 is 0.675 bits per heavy atom. The highest BCUT2D eigenvalue weighted by atomic mass is 16.5. The Morgan fingerprint density at radius 3 is 1.98 bits per heavy atom. The molecule has 3 aromatic heterocycles. The number of carbonyl (C=O) groups excluding carboxylic acids is 1. The molecule has 194 valence electrons. The fourth-order valence-electron chi connectivity index (χ4n) is 5.73. The number of rotatable bonds is 6. The highest BCUT2D eigenvalue weighted by Crippen LogP contribution is 2.39. The smallest absolute Gasteiger partial charge is 0.356 e. The van der Waals surface area contributed by atoms with Gasteiger partial charge in [0, 0.05) is 40.3 Å². The molecular weight excluding hydrogens is 494 g/mol. The lowest BCUT2D eigenvalue weighted by atomic mass is 10.1. The van der Waals surface area contributed by atoms with E-state index in [0.717, 1.165) is 44.1 Å². The van der Waals surface area contributed by atoms with Crippen LogP contribution in [0.25, 0.3) is 44.1 Å². The first-order valence-electron chi connectivity index (χ1n) is 13.4. The van der Waals surface area contributed by atoms with Gasteiger partial charge in [-0.2, -0.15) is 0 Å². The monoisotopic (exact) mass is 521 g/mol. The second kappa shape index (κ2) is 9.86. The molecule has 0 unspecified atom stereocenters. The highest BCUT2D eigenvalue weighted by Gasteiger charge is 2.23. The number of aromatic nitrogens is 3. The molecule has 0 fully saturated rings. The predicted octanol–water partition coefficient (Wildman–Crippen LogP) is 7.69. The normalized spacial score (nSPS) is 11.4. The molecule has 3 heterocycles. The first-order valence-corrected chi connectivity index (χ1v) is 13.4. The number of pyridine rings is 1. The molecule has 0 aliphatic rings. The molecule has 0 aliphatic heterocycles. The average molecular weight is 522 g/mol. The van der Waals surface area contributed by atoms with Gasteiger partial charge in [0.25, 0.3) is 0 Å². The summed E-state index contributed by atoms with van der Waals surface area (Å²) >= 11 is 0. The third-order valence-corrected chi connectivity index (χ3v) is 7.57. The summed E-state index contributed by atoms with van der Waals surface area (Å²) in [7, 11) is 1.40. The Kier molecular flexibility index (Phi) is 5.90. The van der Waals surface area contributed by atoms with Crippen molar-refractivity contribution >= 4 is 38.7 Å². The molecule has 0 N–H and O–H groups in total. The van der Waals surface area contributed by atoms with E-state index in [4.69, 9.17) is 9.72 Å². The van der Waals surface area contributed by atoms with Gasteiger partial charge in [0.1, 0.15) is 0 Å². The number of fused-ring (bicyclic) bond motifs is 4. The van der Waals surface area contributed by atoms with Crippen molar-refractivity contribution < 1.29 is 9.53 Å². The van der Waals surface area contributed by atoms with E-state index in [1.54, 1.807) is 0 Å². The second-order valence-corrected chi connectivity index (χ2v) is 9.99. The molecule has 0 atom stereocenters. The lowest BCUT2D eigenvalue weighted by Gasteiger charge is -2.14. The Balaban J connectivity index is 1.57. The van der Waals surface area contributed by atoms with Crippen LogP contribution in [0.5, 0.6) is 0 Å². The van der Waals surface area contributed by atoms with Gasteiger partial charge in [-0.25, -0.2) is 9.78 Å². The minimum absolute atomic E-state index is 0.290. The van der Waals surface area contributed by atoms with Crippen LogP contribution in [-0.2, 0) is 17.8 Å². The molecule has 5 heteroatoms.